The maximum atomic E-state index is 6.04. The minimum Gasteiger partial charge on any atom is -0.493 e. The molecule has 0 spiro atoms. The van der Waals surface area contributed by atoms with E-state index in [1.807, 2.05) is 24.3 Å². The van der Waals surface area contributed by atoms with E-state index in [2.05, 4.69) is 15.6 Å². The molecule has 0 aromatic heterocycles. The number of guanidine groups is 1. The van der Waals surface area contributed by atoms with Gasteiger partial charge in [0.25, 0.3) is 0 Å². The number of rotatable bonds is 8. The van der Waals surface area contributed by atoms with Crippen molar-refractivity contribution in [3.63, 3.8) is 0 Å². The zero-order chi connectivity index (χ0) is 20.5. The second kappa shape index (κ2) is 10.9. The minimum absolute atomic E-state index is 0.541. The number of aliphatic imine (C=N–C) groups is 1. The topological polar surface area (TPSA) is 64.1 Å². The average Bonchev–Trinajstić information content (AvgIpc) is 2.68. The summed E-state index contributed by atoms with van der Waals surface area (Å²) in [5.74, 6) is 2.47. The minimum atomic E-state index is 0.541. The Hall–Kier alpha value is -2.31. The number of nitrogens with one attached hydrogen (secondary N) is 2. The van der Waals surface area contributed by atoms with Crippen LogP contribution in [0.4, 0.5) is 0 Å². The summed E-state index contributed by atoms with van der Waals surface area (Å²) in [7, 11) is 6.49. The summed E-state index contributed by atoms with van der Waals surface area (Å²) in [4.78, 5) is 4.24. The summed E-state index contributed by atoms with van der Waals surface area (Å²) in [6.07, 6.45) is 0.769. The van der Waals surface area contributed by atoms with Gasteiger partial charge < -0.3 is 24.8 Å². The molecule has 0 atom stereocenters. The van der Waals surface area contributed by atoms with Gasteiger partial charge in [-0.15, -0.1) is 0 Å². The third-order valence-electron chi connectivity index (χ3n) is 4.04. The molecule has 0 bridgehead atoms. The van der Waals surface area contributed by atoms with Crippen molar-refractivity contribution in [3.05, 3.63) is 51.5 Å². The van der Waals surface area contributed by atoms with Crippen LogP contribution in [0.2, 0.25) is 10.0 Å². The summed E-state index contributed by atoms with van der Waals surface area (Å²) in [5.41, 5.74) is 2.03. The van der Waals surface area contributed by atoms with Crippen molar-refractivity contribution in [3.8, 4) is 17.2 Å². The second-order valence-corrected chi connectivity index (χ2v) is 6.79. The number of ether oxygens (including phenoxy) is 3. The summed E-state index contributed by atoms with van der Waals surface area (Å²) in [6, 6.07) is 9.32. The molecule has 2 rings (SSSR count). The maximum Gasteiger partial charge on any atom is 0.203 e. The number of halogens is 2. The predicted molar refractivity (Wildman–Crippen MR) is 114 cm³/mol. The molecule has 0 amide bonds. The standard InChI is InChI=1S/C20H25Cl2N3O3/c1-23-20(24-6-5-13-7-15(21)11-16(22)8-13)25-12-14-9-17(26-2)19(28-4)18(10-14)27-3/h7-11H,5-6,12H2,1-4H3,(H2,23,24,25). The van der Waals surface area contributed by atoms with Crippen LogP contribution in [-0.4, -0.2) is 40.9 Å². The van der Waals surface area contributed by atoms with E-state index < -0.39 is 0 Å². The van der Waals surface area contributed by atoms with Crippen molar-refractivity contribution >= 4 is 29.2 Å². The molecule has 0 aliphatic rings. The lowest BCUT2D eigenvalue weighted by atomic mass is 10.1. The predicted octanol–water partition coefficient (Wildman–Crippen LogP) is 3.93. The average molecular weight is 426 g/mol. The van der Waals surface area contributed by atoms with Crippen LogP contribution in [0.3, 0.4) is 0 Å². The highest BCUT2D eigenvalue weighted by Crippen LogP contribution is 2.38. The van der Waals surface area contributed by atoms with Crippen LogP contribution in [0, 0.1) is 0 Å². The van der Waals surface area contributed by atoms with E-state index in [1.165, 1.54) is 0 Å². The van der Waals surface area contributed by atoms with Crippen molar-refractivity contribution < 1.29 is 14.2 Å². The van der Waals surface area contributed by atoms with Crippen LogP contribution in [0.1, 0.15) is 11.1 Å². The van der Waals surface area contributed by atoms with Crippen molar-refractivity contribution in [2.24, 2.45) is 4.99 Å². The molecule has 0 fully saturated rings. The van der Waals surface area contributed by atoms with Crippen LogP contribution in [0.25, 0.3) is 0 Å². The van der Waals surface area contributed by atoms with Crippen molar-refractivity contribution in [2.45, 2.75) is 13.0 Å². The fourth-order valence-corrected chi connectivity index (χ4v) is 3.30. The fourth-order valence-electron chi connectivity index (χ4n) is 2.72. The Labute approximate surface area is 175 Å². The van der Waals surface area contributed by atoms with E-state index >= 15 is 0 Å². The van der Waals surface area contributed by atoms with E-state index in [0.717, 1.165) is 17.5 Å². The highest BCUT2D eigenvalue weighted by Gasteiger charge is 2.13. The van der Waals surface area contributed by atoms with Crippen molar-refractivity contribution in [1.82, 2.24) is 10.6 Å². The van der Waals surface area contributed by atoms with Crippen LogP contribution in [0.15, 0.2) is 35.3 Å². The van der Waals surface area contributed by atoms with Gasteiger partial charge in [-0.25, -0.2) is 0 Å². The molecule has 6 nitrogen and oxygen atoms in total. The molecule has 28 heavy (non-hydrogen) atoms. The summed E-state index contributed by atoms with van der Waals surface area (Å²) in [5, 5.41) is 7.81. The maximum absolute atomic E-state index is 6.04. The molecule has 2 aromatic rings. The zero-order valence-corrected chi connectivity index (χ0v) is 17.9. The van der Waals surface area contributed by atoms with Gasteiger partial charge in [0.05, 0.1) is 21.3 Å². The van der Waals surface area contributed by atoms with Crippen LogP contribution in [0.5, 0.6) is 17.2 Å². The van der Waals surface area contributed by atoms with Gasteiger partial charge >= 0.3 is 0 Å². The Bertz CT molecular complexity index is 783. The molecule has 2 N–H and O–H groups in total. The third kappa shape index (κ3) is 6.11. The molecule has 152 valence electrons. The van der Waals surface area contributed by atoms with Gasteiger partial charge in [-0.05, 0) is 47.9 Å². The Morgan fingerprint density at radius 1 is 0.857 bits per heavy atom. The number of hydrogen-bond acceptors (Lipinski definition) is 4. The Morgan fingerprint density at radius 3 is 1.96 bits per heavy atom. The first-order chi connectivity index (χ1) is 13.5. The number of nitrogens with zero attached hydrogens (tertiary/aromatic N) is 1. The van der Waals surface area contributed by atoms with E-state index in [1.54, 1.807) is 34.4 Å². The first-order valence-corrected chi connectivity index (χ1v) is 9.44. The Morgan fingerprint density at radius 2 is 1.46 bits per heavy atom. The first kappa shape index (κ1) is 22.0. The number of benzene rings is 2. The largest absolute Gasteiger partial charge is 0.493 e. The molecular formula is C20H25Cl2N3O3. The third-order valence-corrected chi connectivity index (χ3v) is 4.47. The van der Waals surface area contributed by atoms with Gasteiger partial charge in [0.1, 0.15) is 0 Å². The monoisotopic (exact) mass is 425 g/mol. The molecule has 8 heteroatoms. The quantitative estimate of drug-likeness (QED) is 0.495. The molecule has 0 aliphatic heterocycles. The van der Waals surface area contributed by atoms with Crippen LogP contribution in [-0.2, 0) is 13.0 Å². The van der Waals surface area contributed by atoms with Gasteiger partial charge in [0.15, 0.2) is 17.5 Å². The molecule has 0 heterocycles. The Kier molecular flexibility index (Phi) is 8.54. The van der Waals surface area contributed by atoms with E-state index in [4.69, 9.17) is 37.4 Å². The Balaban J connectivity index is 1.95. The van der Waals surface area contributed by atoms with Gasteiger partial charge in [0, 0.05) is 30.2 Å². The van der Waals surface area contributed by atoms with Crippen LogP contribution < -0.4 is 24.8 Å². The summed E-state index contributed by atoms with van der Waals surface area (Å²) in [6.45, 7) is 1.23. The lowest BCUT2D eigenvalue weighted by molar-refractivity contribution is 0.323. The van der Waals surface area contributed by atoms with Gasteiger partial charge in [-0.1, -0.05) is 23.2 Å². The SMILES string of the molecule is CN=C(NCCc1cc(Cl)cc(Cl)c1)NCc1cc(OC)c(OC)c(OC)c1. The van der Waals surface area contributed by atoms with E-state index in [0.29, 0.717) is 46.3 Å². The van der Waals surface area contributed by atoms with Gasteiger partial charge in [0.2, 0.25) is 5.75 Å². The fraction of sp³-hybridized carbons (Fsp3) is 0.350. The molecule has 0 aliphatic carbocycles. The first-order valence-electron chi connectivity index (χ1n) is 8.69. The molecule has 2 aromatic carbocycles. The van der Waals surface area contributed by atoms with Gasteiger partial charge in [-0.3, -0.25) is 4.99 Å². The summed E-state index contributed by atoms with van der Waals surface area (Å²) < 4.78 is 16.1. The molecule has 0 radical (unpaired) electrons. The number of methoxy groups -OCH3 is 3. The summed E-state index contributed by atoms with van der Waals surface area (Å²) >= 11 is 12.1. The van der Waals surface area contributed by atoms with E-state index in [9.17, 15) is 0 Å². The smallest absolute Gasteiger partial charge is 0.203 e. The second-order valence-electron chi connectivity index (χ2n) is 5.91. The van der Waals surface area contributed by atoms with Gasteiger partial charge in [-0.2, -0.15) is 0 Å². The number of hydrogen-bond donors (Lipinski definition) is 2. The lowest BCUT2D eigenvalue weighted by Crippen LogP contribution is -2.37. The van der Waals surface area contributed by atoms with E-state index in [-0.39, 0.29) is 0 Å². The highest BCUT2D eigenvalue weighted by molar-refractivity contribution is 6.34. The van der Waals surface area contributed by atoms with Crippen LogP contribution >= 0.6 is 23.2 Å². The van der Waals surface area contributed by atoms with Crippen molar-refractivity contribution in [1.29, 1.82) is 0 Å². The zero-order valence-electron chi connectivity index (χ0n) is 16.4. The molecule has 0 saturated heterocycles. The molecule has 0 saturated carbocycles. The molecule has 0 unspecified atom stereocenters. The highest BCUT2D eigenvalue weighted by atomic mass is 35.5. The lowest BCUT2D eigenvalue weighted by Gasteiger charge is -2.16. The normalized spacial score (nSPS) is 11.1. The molecular weight excluding hydrogens is 401 g/mol. The van der Waals surface area contributed by atoms with Crippen molar-refractivity contribution in [2.75, 3.05) is 34.9 Å².